The van der Waals surface area contributed by atoms with E-state index in [-0.39, 0.29) is 11.7 Å². The largest absolute Gasteiger partial charge is 0.306 e. The fourth-order valence-electron chi connectivity index (χ4n) is 2.07. The summed E-state index contributed by atoms with van der Waals surface area (Å²) in [4.78, 5) is 10.6. The first-order valence-corrected chi connectivity index (χ1v) is 7.15. The van der Waals surface area contributed by atoms with Crippen LogP contribution in [0, 0.1) is 10.1 Å². The first-order valence-electron chi connectivity index (χ1n) is 6.39. The van der Waals surface area contributed by atoms with E-state index < -0.39 is 4.92 Å². The quantitative estimate of drug-likeness (QED) is 0.637. The molecule has 0 saturated heterocycles. The van der Waals surface area contributed by atoms with Crippen molar-refractivity contribution in [2.24, 2.45) is 0 Å². The highest BCUT2D eigenvalue weighted by Gasteiger charge is 2.15. The van der Waals surface area contributed by atoms with Gasteiger partial charge in [-0.1, -0.05) is 41.4 Å². The molecular weight excluding hydrogens is 311 g/mol. The molecule has 110 valence electrons. The Balaban J connectivity index is 2.15. The molecule has 0 radical (unpaired) electrons. The van der Waals surface area contributed by atoms with Crippen LogP contribution in [0.5, 0.6) is 0 Å². The molecule has 6 heteroatoms. The number of rotatable bonds is 5. The Kier molecular flexibility index (Phi) is 5.17. The molecule has 2 rings (SSSR count). The second kappa shape index (κ2) is 6.89. The molecule has 0 amide bonds. The third-order valence-corrected chi connectivity index (χ3v) is 3.79. The van der Waals surface area contributed by atoms with Crippen molar-refractivity contribution < 1.29 is 4.92 Å². The number of halogens is 2. The third-order valence-electron chi connectivity index (χ3n) is 3.21. The van der Waals surface area contributed by atoms with E-state index in [4.69, 9.17) is 23.2 Å². The van der Waals surface area contributed by atoms with E-state index in [2.05, 4.69) is 5.32 Å². The van der Waals surface area contributed by atoms with E-state index in [0.717, 1.165) is 5.56 Å². The molecule has 1 N–H and O–H groups in total. The highest BCUT2D eigenvalue weighted by atomic mass is 35.5. The van der Waals surface area contributed by atoms with Gasteiger partial charge in [-0.3, -0.25) is 10.1 Å². The molecule has 0 fully saturated rings. The van der Waals surface area contributed by atoms with E-state index in [9.17, 15) is 10.1 Å². The van der Waals surface area contributed by atoms with Crippen LogP contribution < -0.4 is 5.32 Å². The summed E-state index contributed by atoms with van der Waals surface area (Å²) in [5.41, 5.74) is 1.55. The van der Waals surface area contributed by atoms with Crippen molar-refractivity contribution in [3.8, 4) is 0 Å². The maximum Gasteiger partial charge on any atom is 0.273 e. The van der Waals surface area contributed by atoms with Crippen molar-refractivity contribution in [3.05, 3.63) is 73.8 Å². The number of benzene rings is 2. The zero-order valence-corrected chi connectivity index (χ0v) is 12.9. The number of nitrogens with zero attached hydrogens (tertiary/aromatic N) is 1. The van der Waals surface area contributed by atoms with Crippen molar-refractivity contribution in [1.82, 2.24) is 5.32 Å². The summed E-state index contributed by atoms with van der Waals surface area (Å²) in [7, 11) is 0. The van der Waals surface area contributed by atoms with E-state index in [1.165, 1.54) is 12.1 Å². The first-order chi connectivity index (χ1) is 9.99. The molecule has 0 spiro atoms. The predicted molar refractivity (Wildman–Crippen MR) is 84.8 cm³/mol. The molecule has 0 aliphatic heterocycles. The molecular formula is C15H14Cl2N2O2. The lowest BCUT2D eigenvalue weighted by molar-refractivity contribution is -0.385. The molecule has 0 aromatic heterocycles. The van der Waals surface area contributed by atoms with Crippen LogP contribution in [0.2, 0.25) is 10.0 Å². The zero-order chi connectivity index (χ0) is 15.4. The average molecular weight is 325 g/mol. The Labute approximate surface area is 132 Å². The standard InChI is InChI=1S/C15H14Cl2N2O2/c1-10(13-4-2-3-5-14(13)17)18-9-11-8-12(16)6-7-15(11)19(20)21/h2-8,10,18H,9H2,1H3/t10-/m0/s1. The molecule has 2 aromatic rings. The minimum Gasteiger partial charge on any atom is -0.306 e. The van der Waals surface area contributed by atoms with Crippen LogP contribution in [-0.2, 0) is 6.54 Å². The summed E-state index contributed by atoms with van der Waals surface area (Å²) in [6.07, 6.45) is 0. The monoisotopic (exact) mass is 324 g/mol. The van der Waals surface area contributed by atoms with E-state index in [1.807, 2.05) is 31.2 Å². The van der Waals surface area contributed by atoms with Crippen LogP contribution in [0.15, 0.2) is 42.5 Å². The van der Waals surface area contributed by atoms with Gasteiger partial charge >= 0.3 is 0 Å². The topological polar surface area (TPSA) is 55.2 Å². The SMILES string of the molecule is C[C@H](NCc1cc(Cl)ccc1[N+](=O)[O-])c1ccccc1Cl. The Morgan fingerprint density at radius 3 is 2.62 bits per heavy atom. The van der Waals surface area contributed by atoms with Gasteiger partial charge in [0.2, 0.25) is 0 Å². The first kappa shape index (κ1) is 15.8. The Morgan fingerprint density at radius 1 is 1.24 bits per heavy atom. The lowest BCUT2D eigenvalue weighted by Crippen LogP contribution is -2.19. The van der Waals surface area contributed by atoms with Gasteiger partial charge in [-0.2, -0.15) is 0 Å². The van der Waals surface area contributed by atoms with Crippen LogP contribution in [-0.4, -0.2) is 4.92 Å². The molecule has 2 aromatic carbocycles. The maximum atomic E-state index is 11.0. The number of nitrogens with one attached hydrogen (secondary N) is 1. The van der Waals surface area contributed by atoms with Crippen molar-refractivity contribution in [2.45, 2.75) is 19.5 Å². The van der Waals surface area contributed by atoms with Crippen molar-refractivity contribution in [3.63, 3.8) is 0 Å². The van der Waals surface area contributed by atoms with Crippen molar-refractivity contribution in [2.75, 3.05) is 0 Å². The minimum atomic E-state index is -0.409. The summed E-state index contributed by atoms with van der Waals surface area (Å²) in [6, 6.07) is 12.0. The van der Waals surface area contributed by atoms with Crippen LogP contribution in [0.25, 0.3) is 0 Å². The Bertz CT molecular complexity index is 662. The highest BCUT2D eigenvalue weighted by molar-refractivity contribution is 6.31. The van der Waals surface area contributed by atoms with Crippen LogP contribution in [0.1, 0.15) is 24.1 Å². The molecule has 1 atom stereocenters. The van der Waals surface area contributed by atoms with Gasteiger partial charge in [-0.15, -0.1) is 0 Å². The highest BCUT2D eigenvalue weighted by Crippen LogP contribution is 2.25. The Morgan fingerprint density at radius 2 is 1.95 bits per heavy atom. The van der Waals surface area contributed by atoms with Crippen molar-refractivity contribution >= 4 is 28.9 Å². The van der Waals surface area contributed by atoms with Gasteiger partial charge < -0.3 is 5.32 Å². The Hall–Kier alpha value is -1.62. The smallest absolute Gasteiger partial charge is 0.273 e. The lowest BCUT2D eigenvalue weighted by atomic mass is 10.1. The predicted octanol–water partition coefficient (Wildman–Crippen LogP) is 4.75. The molecule has 0 aliphatic carbocycles. The van der Waals surface area contributed by atoms with Gasteiger partial charge in [0, 0.05) is 34.3 Å². The average Bonchev–Trinajstić information content (AvgIpc) is 2.45. The molecule has 0 saturated carbocycles. The number of hydrogen-bond acceptors (Lipinski definition) is 3. The molecule has 0 aliphatic rings. The fourth-order valence-corrected chi connectivity index (χ4v) is 2.57. The second-order valence-electron chi connectivity index (χ2n) is 4.65. The van der Waals surface area contributed by atoms with Crippen molar-refractivity contribution in [1.29, 1.82) is 0 Å². The van der Waals surface area contributed by atoms with Gasteiger partial charge in [-0.05, 0) is 30.7 Å². The molecule has 0 bridgehead atoms. The molecule has 21 heavy (non-hydrogen) atoms. The van der Waals surface area contributed by atoms with Crippen LogP contribution in [0.4, 0.5) is 5.69 Å². The van der Waals surface area contributed by atoms with E-state index in [1.54, 1.807) is 6.07 Å². The summed E-state index contributed by atoms with van der Waals surface area (Å²) >= 11 is 12.0. The lowest BCUT2D eigenvalue weighted by Gasteiger charge is -2.15. The number of nitro benzene ring substituents is 1. The van der Waals surface area contributed by atoms with E-state index >= 15 is 0 Å². The number of nitro groups is 1. The van der Waals surface area contributed by atoms with E-state index in [0.29, 0.717) is 22.2 Å². The molecule has 4 nitrogen and oxygen atoms in total. The summed E-state index contributed by atoms with van der Waals surface area (Å²) in [6.45, 7) is 2.29. The molecule has 0 unspecified atom stereocenters. The summed E-state index contributed by atoms with van der Waals surface area (Å²) in [5, 5.41) is 15.4. The summed E-state index contributed by atoms with van der Waals surface area (Å²) < 4.78 is 0. The normalized spacial score (nSPS) is 12.1. The third kappa shape index (κ3) is 3.94. The minimum absolute atomic E-state index is 0.0303. The van der Waals surface area contributed by atoms with Gasteiger partial charge in [0.05, 0.1) is 4.92 Å². The van der Waals surface area contributed by atoms with Gasteiger partial charge in [0.25, 0.3) is 5.69 Å². The van der Waals surface area contributed by atoms with Crippen LogP contribution >= 0.6 is 23.2 Å². The zero-order valence-electron chi connectivity index (χ0n) is 11.3. The van der Waals surface area contributed by atoms with Gasteiger partial charge in [0.1, 0.15) is 0 Å². The van der Waals surface area contributed by atoms with Gasteiger partial charge in [-0.25, -0.2) is 0 Å². The molecule has 0 heterocycles. The maximum absolute atomic E-state index is 11.0. The number of hydrogen-bond donors (Lipinski definition) is 1. The van der Waals surface area contributed by atoms with Crippen LogP contribution in [0.3, 0.4) is 0 Å². The fraction of sp³-hybridized carbons (Fsp3) is 0.200. The second-order valence-corrected chi connectivity index (χ2v) is 5.50. The summed E-state index contributed by atoms with van der Waals surface area (Å²) in [5.74, 6) is 0. The van der Waals surface area contributed by atoms with Gasteiger partial charge in [0.15, 0.2) is 0 Å².